The number of rotatable bonds is 7. The van der Waals surface area contributed by atoms with Gasteiger partial charge in [-0.15, -0.1) is 0 Å². The van der Waals surface area contributed by atoms with Crippen LogP contribution in [-0.2, 0) is 4.74 Å². The number of ether oxygens (including phenoxy) is 1. The van der Waals surface area contributed by atoms with E-state index in [1.165, 1.54) is 25.1 Å². The van der Waals surface area contributed by atoms with Gasteiger partial charge in [0.15, 0.2) is 0 Å². The Morgan fingerprint density at radius 1 is 1.53 bits per heavy atom. The summed E-state index contributed by atoms with van der Waals surface area (Å²) in [6.45, 7) is 4.43. The summed E-state index contributed by atoms with van der Waals surface area (Å²) >= 11 is 0. The fourth-order valence-corrected chi connectivity index (χ4v) is 1.63. The van der Waals surface area contributed by atoms with Crippen molar-refractivity contribution >= 4 is 0 Å². The zero-order valence-corrected chi connectivity index (χ0v) is 10.2. The minimum Gasteiger partial charge on any atom is -0.380 e. The van der Waals surface area contributed by atoms with Gasteiger partial charge in [0.05, 0.1) is 18.5 Å². The molecular formula is C13H19FN2O. The molecule has 17 heavy (non-hydrogen) atoms. The summed E-state index contributed by atoms with van der Waals surface area (Å²) in [5.41, 5.74) is 0.855. The highest BCUT2D eigenvalue weighted by molar-refractivity contribution is 5.08. The number of nitrogens with zero attached hydrogens (tertiary/aromatic N) is 1. The first kappa shape index (κ1) is 12.5. The van der Waals surface area contributed by atoms with Crippen molar-refractivity contribution < 1.29 is 9.13 Å². The number of hydrogen-bond acceptors (Lipinski definition) is 3. The van der Waals surface area contributed by atoms with Crippen LogP contribution in [-0.4, -0.2) is 24.7 Å². The van der Waals surface area contributed by atoms with Crippen molar-refractivity contribution in [3.05, 3.63) is 29.8 Å². The van der Waals surface area contributed by atoms with Gasteiger partial charge in [0.2, 0.25) is 0 Å². The van der Waals surface area contributed by atoms with E-state index in [0.29, 0.717) is 0 Å². The molecule has 3 nitrogen and oxygen atoms in total. The lowest BCUT2D eigenvalue weighted by Gasteiger charge is -2.13. The van der Waals surface area contributed by atoms with E-state index in [1.807, 2.05) is 6.92 Å². The van der Waals surface area contributed by atoms with E-state index in [-0.39, 0.29) is 11.9 Å². The van der Waals surface area contributed by atoms with E-state index >= 15 is 0 Å². The molecule has 1 aromatic rings. The minimum absolute atomic E-state index is 0.125. The zero-order chi connectivity index (χ0) is 12.1. The first-order valence-electron chi connectivity index (χ1n) is 6.18. The van der Waals surface area contributed by atoms with Gasteiger partial charge < -0.3 is 10.1 Å². The van der Waals surface area contributed by atoms with Crippen LogP contribution >= 0.6 is 0 Å². The molecule has 2 rings (SSSR count). The molecule has 1 aliphatic rings. The van der Waals surface area contributed by atoms with Crippen molar-refractivity contribution in [3.63, 3.8) is 0 Å². The largest absolute Gasteiger partial charge is 0.380 e. The molecule has 0 bridgehead atoms. The molecule has 0 spiro atoms. The second-order valence-electron chi connectivity index (χ2n) is 4.60. The third-order valence-corrected chi connectivity index (χ3v) is 2.94. The lowest BCUT2D eigenvalue weighted by Crippen LogP contribution is -2.24. The van der Waals surface area contributed by atoms with Gasteiger partial charge in [-0.2, -0.15) is 0 Å². The van der Waals surface area contributed by atoms with E-state index in [9.17, 15) is 4.39 Å². The molecule has 1 heterocycles. The quantitative estimate of drug-likeness (QED) is 0.740. The predicted octanol–water partition coefficient (Wildman–Crippen LogP) is 2.30. The molecule has 94 valence electrons. The van der Waals surface area contributed by atoms with Gasteiger partial charge in [0.25, 0.3) is 0 Å². The Bertz CT molecular complexity index is 338. The fourth-order valence-electron chi connectivity index (χ4n) is 1.63. The van der Waals surface area contributed by atoms with E-state index in [0.717, 1.165) is 31.4 Å². The highest BCUT2D eigenvalue weighted by Crippen LogP contribution is 2.28. The maximum absolute atomic E-state index is 12.7. The molecule has 4 heteroatoms. The Labute approximate surface area is 101 Å². The Hall–Kier alpha value is -1.00. The SMILES string of the molecule is CC(NCCOCC1CC1)c1ccc(F)cn1. The molecule has 0 aromatic carbocycles. The average Bonchev–Trinajstić information content (AvgIpc) is 3.13. The van der Waals surface area contributed by atoms with Gasteiger partial charge >= 0.3 is 0 Å². The van der Waals surface area contributed by atoms with Crippen LogP contribution in [0.3, 0.4) is 0 Å². The Morgan fingerprint density at radius 2 is 2.35 bits per heavy atom. The number of nitrogens with one attached hydrogen (secondary N) is 1. The second kappa shape index (κ2) is 6.07. The average molecular weight is 238 g/mol. The van der Waals surface area contributed by atoms with Crippen molar-refractivity contribution in [2.45, 2.75) is 25.8 Å². The van der Waals surface area contributed by atoms with Gasteiger partial charge in [-0.05, 0) is 37.8 Å². The van der Waals surface area contributed by atoms with Crippen molar-refractivity contribution in [1.29, 1.82) is 0 Å². The monoisotopic (exact) mass is 238 g/mol. The van der Waals surface area contributed by atoms with Crippen molar-refractivity contribution in [3.8, 4) is 0 Å². The normalized spacial score (nSPS) is 17.1. The number of halogens is 1. The van der Waals surface area contributed by atoms with Crippen molar-refractivity contribution in [2.24, 2.45) is 5.92 Å². The molecular weight excluding hydrogens is 219 g/mol. The van der Waals surface area contributed by atoms with Crippen LogP contribution in [0.4, 0.5) is 4.39 Å². The third kappa shape index (κ3) is 4.40. The predicted molar refractivity (Wildman–Crippen MR) is 64.2 cm³/mol. The lowest BCUT2D eigenvalue weighted by molar-refractivity contribution is 0.124. The van der Waals surface area contributed by atoms with E-state index in [4.69, 9.17) is 4.74 Å². The van der Waals surface area contributed by atoms with Gasteiger partial charge in [0, 0.05) is 19.2 Å². The van der Waals surface area contributed by atoms with Crippen LogP contribution in [0.25, 0.3) is 0 Å². The van der Waals surface area contributed by atoms with Gasteiger partial charge in [0.1, 0.15) is 5.82 Å². The molecule has 0 aliphatic heterocycles. The van der Waals surface area contributed by atoms with Crippen LogP contribution < -0.4 is 5.32 Å². The summed E-state index contributed by atoms with van der Waals surface area (Å²) in [4.78, 5) is 4.04. The van der Waals surface area contributed by atoms with E-state index < -0.39 is 0 Å². The van der Waals surface area contributed by atoms with Crippen LogP contribution in [0.1, 0.15) is 31.5 Å². The molecule has 1 unspecified atom stereocenters. The fraction of sp³-hybridized carbons (Fsp3) is 0.615. The van der Waals surface area contributed by atoms with Gasteiger partial charge in [-0.3, -0.25) is 4.98 Å². The molecule has 1 saturated carbocycles. The van der Waals surface area contributed by atoms with Crippen molar-refractivity contribution in [2.75, 3.05) is 19.8 Å². The van der Waals surface area contributed by atoms with Crippen molar-refractivity contribution in [1.82, 2.24) is 10.3 Å². The van der Waals surface area contributed by atoms with E-state index in [1.54, 1.807) is 6.07 Å². The molecule has 1 atom stereocenters. The maximum Gasteiger partial charge on any atom is 0.141 e. The summed E-state index contributed by atoms with van der Waals surface area (Å²) in [5, 5.41) is 3.30. The van der Waals surface area contributed by atoms with Crippen LogP contribution in [0.15, 0.2) is 18.3 Å². The molecule has 1 N–H and O–H groups in total. The number of aromatic nitrogens is 1. The molecule has 1 fully saturated rings. The second-order valence-corrected chi connectivity index (χ2v) is 4.60. The molecule has 1 aliphatic carbocycles. The van der Waals surface area contributed by atoms with Crippen LogP contribution in [0.5, 0.6) is 0 Å². The Balaban J connectivity index is 1.62. The summed E-state index contributed by atoms with van der Waals surface area (Å²) in [6, 6.07) is 3.27. The van der Waals surface area contributed by atoms with Crippen LogP contribution in [0, 0.1) is 11.7 Å². The molecule has 0 saturated heterocycles. The van der Waals surface area contributed by atoms with Crippen LogP contribution in [0.2, 0.25) is 0 Å². The van der Waals surface area contributed by atoms with Gasteiger partial charge in [-0.1, -0.05) is 0 Å². The van der Waals surface area contributed by atoms with Gasteiger partial charge in [-0.25, -0.2) is 4.39 Å². The smallest absolute Gasteiger partial charge is 0.141 e. The summed E-state index contributed by atoms with van der Waals surface area (Å²) in [5.74, 6) is 0.514. The Kier molecular flexibility index (Phi) is 4.45. The van der Waals surface area contributed by atoms with E-state index in [2.05, 4.69) is 10.3 Å². The first-order valence-corrected chi connectivity index (χ1v) is 6.18. The minimum atomic E-state index is -0.297. The third-order valence-electron chi connectivity index (χ3n) is 2.94. The highest BCUT2D eigenvalue weighted by atomic mass is 19.1. The Morgan fingerprint density at radius 3 is 3.00 bits per heavy atom. The topological polar surface area (TPSA) is 34.1 Å². The first-order chi connectivity index (χ1) is 8.25. The number of pyridine rings is 1. The lowest BCUT2D eigenvalue weighted by atomic mass is 10.2. The summed E-state index contributed by atoms with van der Waals surface area (Å²) in [7, 11) is 0. The molecule has 0 radical (unpaired) electrons. The highest BCUT2D eigenvalue weighted by Gasteiger charge is 2.20. The summed E-state index contributed by atoms with van der Waals surface area (Å²) in [6.07, 6.45) is 3.89. The maximum atomic E-state index is 12.7. The zero-order valence-electron chi connectivity index (χ0n) is 10.2. The molecule has 1 aromatic heterocycles. The summed E-state index contributed by atoms with van der Waals surface area (Å²) < 4.78 is 18.2. The number of hydrogen-bond donors (Lipinski definition) is 1. The molecule has 0 amide bonds. The standard InChI is InChI=1S/C13H19FN2O/c1-10(13-5-4-12(14)8-16-13)15-6-7-17-9-11-2-3-11/h4-5,8,10-11,15H,2-3,6-7,9H2,1H3.